The summed E-state index contributed by atoms with van der Waals surface area (Å²) < 4.78 is 26.8. The monoisotopic (exact) mass is 347 g/mol. The fourth-order valence-corrected chi connectivity index (χ4v) is 3.70. The number of carbonyl (C=O) groups is 1. The van der Waals surface area contributed by atoms with E-state index in [1.807, 2.05) is 6.07 Å². The smallest absolute Gasteiger partial charge is 0.229 e. The Balaban J connectivity index is 1.85. The molecule has 124 valence electrons. The molecule has 1 heterocycles. The minimum atomic E-state index is -0.741. The van der Waals surface area contributed by atoms with Gasteiger partial charge in [0.2, 0.25) is 5.91 Å². The summed E-state index contributed by atoms with van der Waals surface area (Å²) in [6.07, 6.45) is 4.92. The number of halogens is 2. The minimum Gasteiger partial charge on any atom is -0.302 e. The summed E-state index contributed by atoms with van der Waals surface area (Å²) in [5, 5.41) is 12.2. The van der Waals surface area contributed by atoms with E-state index in [9.17, 15) is 18.8 Å². The SMILES string of the molecule is N#Cc1sc(NC(=O)C2CCCCC2)nc1-c1cc(F)cc(F)c1. The topological polar surface area (TPSA) is 65.8 Å². The molecule has 0 aliphatic heterocycles. The average molecular weight is 347 g/mol. The van der Waals surface area contributed by atoms with Gasteiger partial charge < -0.3 is 5.32 Å². The zero-order valence-electron chi connectivity index (χ0n) is 12.8. The van der Waals surface area contributed by atoms with Crippen molar-refractivity contribution >= 4 is 22.4 Å². The van der Waals surface area contributed by atoms with E-state index >= 15 is 0 Å². The summed E-state index contributed by atoms with van der Waals surface area (Å²) >= 11 is 1.01. The number of benzene rings is 1. The van der Waals surface area contributed by atoms with Crippen molar-refractivity contribution in [1.29, 1.82) is 5.26 Å². The van der Waals surface area contributed by atoms with Gasteiger partial charge in [0.1, 0.15) is 28.3 Å². The normalized spacial score (nSPS) is 15.0. The number of hydrogen-bond donors (Lipinski definition) is 1. The van der Waals surface area contributed by atoms with Gasteiger partial charge >= 0.3 is 0 Å². The Hall–Kier alpha value is -2.33. The highest BCUT2D eigenvalue weighted by Crippen LogP contribution is 2.32. The van der Waals surface area contributed by atoms with Crippen LogP contribution in [-0.4, -0.2) is 10.9 Å². The molecule has 0 radical (unpaired) electrons. The van der Waals surface area contributed by atoms with Crippen molar-refractivity contribution in [2.24, 2.45) is 5.92 Å². The first-order chi connectivity index (χ1) is 11.6. The first-order valence-electron chi connectivity index (χ1n) is 7.75. The van der Waals surface area contributed by atoms with Gasteiger partial charge in [-0.3, -0.25) is 4.79 Å². The number of amides is 1. The number of rotatable bonds is 3. The minimum absolute atomic E-state index is 0.0387. The first kappa shape index (κ1) is 16.5. The van der Waals surface area contributed by atoms with E-state index in [-0.39, 0.29) is 33.1 Å². The highest BCUT2D eigenvalue weighted by molar-refractivity contribution is 7.16. The summed E-state index contributed by atoms with van der Waals surface area (Å²) in [6, 6.07) is 4.96. The Morgan fingerprint density at radius 1 is 1.21 bits per heavy atom. The van der Waals surface area contributed by atoms with Crippen molar-refractivity contribution in [2.45, 2.75) is 32.1 Å². The van der Waals surface area contributed by atoms with Crippen LogP contribution in [0.4, 0.5) is 13.9 Å². The molecule has 0 bridgehead atoms. The summed E-state index contributed by atoms with van der Waals surface area (Å²) in [6.45, 7) is 0. The number of nitrogens with one attached hydrogen (secondary N) is 1. The predicted molar refractivity (Wildman–Crippen MR) is 87.4 cm³/mol. The van der Waals surface area contributed by atoms with Crippen LogP contribution in [-0.2, 0) is 4.79 Å². The molecule has 1 aliphatic rings. The lowest BCUT2D eigenvalue weighted by Gasteiger charge is -2.19. The Morgan fingerprint density at radius 3 is 2.50 bits per heavy atom. The van der Waals surface area contributed by atoms with Crippen molar-refractivity contribution in [3.63, 3.8) is 0 Å². The molecular weight excluding hydrogens is 332 g/mol. The zero-order valence-corrected chi connectivity index (χ0v) is 13.6. The van der Waals surface area contributed by atoms with Crippen LogP contribution in [0.1, 0.15) is 37.0 Å². The van der Waals surface area contributed by atoms with Crippen LogP contribution < -0.4 is 5.32 Å². The summed E-state index contributed by atoms with van der Waals surface area (Å²) in [4.78, 5) is 16.7. The van der Waals surface area contributed by atoms with Crippen LogP contribution in [0.2, 0.25) is 0 Å². The molecule has 1 aromatic carbocycles. The molecule has 1 N–H and O–H groups in total. The van der Waals surface area contributed by atoms with Crippen LogP contribution in [0.25, 0.3) is 11.3 Å². The van der Waals surface area contributed by atoms with Gasteiger partial charge in [0, 0.05) is 17.5 Å². The molecule has 24 heavy (non-hydrogen) atoms. The highest BCUT2D eigenvalue weighted by Gasteiger charge is 2.23. The molecule has 1 aromatic heterocycles. The second-order valence-corrected chi connectivity index (χ2v) is 6.79. The van der Waals surface area contributed by atoms with Gasteiger partial charge in [-0.25, -0.2) is 13.8 Å². The van der Waals surface area contributed by atoms with Crippen LogP contribution >= 0.6 is 11.3 Å². The number of nitrogens with zero attached hydrogens (tertiary/aromatic N) is 2. The Kier molecular flexibility index (Phi) is 4.86. The van der Waals surface area contributed by atoms with Gasteiger partial charge in [-0.15, -0.1) is 0 Å². The van der Waals surface area contributed by atoms with Crippen LogP contribution in [0.15, 0.2) is 18.2 Å². The van der Waals surface area contributed by atoms with Crippen LogP contribution in [0, 0.1) is 28.9 Å². The zero-order chi connectivity index (χ0) is 17.1. The van der Waals surface area contributed by atoms with E-state index in [2.05, 4.69) is 10.3 Å². The lowest BCUT2D eigenvalue weighted by Crippen LogP contribution is -2.24. The van der Waals surface area contributed by atoms with Crippen molar-refractivity contribution in [1.82, 2.24) is 4.98 Å². The van der Waals surface area contributed by atoms with E-state index in [1.54, 1.807) is 0 Å². The van der Waals surface area contributed by atoms with Gasteiger partial charge in [0.25, 0.3) is 0 Å². The molecular formula is C17H15F2N3OS. The number of nitriles is 1. The fourth-order valence-electron chi connectivity index (χ4n) is 2.91. The molecule has 4 nitrogen and oxygen atoms in total. The molecule has 0 unspecified atom stereocenters. The lowest BCUT2D eigenvalue weighted by molar-refractivity contribution is -0.120. The van der Waals surface area contributed by atoms with Gasteiger partial charge in [-0.1, -0.05) is 30.6 Å². The number of carbonyl (C=O) groups excluding carboxylic acids is 1. The molecule has 0 atom stereocenters. The third kappa shape index (κ3) is 3.60. The van der Waals surface area contributed by atoms with E-state index < -0.39 is 11.6 Å². The second kappa shape index (κ2) is 7.05. The van der Waals surface area contributed by atoms with Crippen molar-refractivity contribution in [3.05, 3.63) is 34.7 Å². The standard InChI is InChI=1S/C17H15F2N3OS/c18-12-6-11(7-13(19)8-12)15-14(9-20)24-17(21-15)22-16(23)10-4-2-1-3-5-10/h6-8,10H,1-5H2,(H,21,22,23). The maximum Gasteiger partial charge on any atom is 0.229 e. The van der Waals surface area contributed by atoms with E-state index in [0.717, 1.165) is 61.6 Å². The Bertz CT molecular complexity index is 786. The van der Waals surface area contributed by atoms with Gasteiger partial charge in [0.15, 0.2) is 5.13 Å². The van der Waals surface area contributed by atoms with E-state index in [0.29, 0.717) is 0 Å². The van der Waals surface area contributed by atoms with Gasteiger partial charge in [-0.2, -0.15) is 5.26 Å². The molecule has 2 aromatic rings. The molecule has 7 heteroatoms. The van der Waals surface area contributed by atoms with Gasteiger partial charge in [-0.05, 0) is 25.0 Å². The predicted octanol–water partition coefficient (Wildman–Crippen LogP) is 4.48. The van der Waals surface area contributed by atoms with Crippen molar-refractivity contribution < 1.29 is 13.6 Å². The molecule has 0 saturated heterocycles. The quantitative estimate of drug-likeness (QED) is 0.890. The fraction of sp³-hybridized carbons (Fsp3) is 0.353. The number of anilines is 1. The number of aromatic nitrogens is 1. The molecule has 1 saturated carbocycles. The van der Waals surface area contributed by atoms with Crippen molar-refractivity contribution in [2.75, 3.05) is 5.32 Å². The van der Waals surface area contributed by atoms with E-state index in [1.165, 1.54) is 0 Å². The molecule has 3 rings (SSSR count). The molecule has 1 fully saturated rings. The summed E-state index contributed by atoms with van der Waals surface area (Å²) in [5.41, 5.74) is 0.360. The van der Waals surface area contributed by atoms with Crippen LogP contribution in [0.3, 0.4) is 0 Å². The van der Waals surface area contributed by atoms with Crippen molar-refractivity contribution in [3.8, 4) is 17.3 Å². The van der Waals surface area contributed by atoms with Gasteiger partial charge in [0.05, 0.1) is 0 Å². The molecule has 1 amide bonds. The largest absolute Gasteiger partial charge is 0.302 e. The Labute approximate surface area is 142 Å². The maximum atomic E-state index is 13.4. The van der Waals surface area contributed by atoms with E-state index in [4.69, 9.17) is 0 Å². The average Bonchev–Trinajstić information content (AvgIpc) is 2.97. The lowest BCUT2D eigenvalue weighted by atomic mass is 9.89. The number of hydrogen-bond acceptors (Lipinski definition) is 4. The Morgan fingerprint density at radius 2 is 1.88 bits per heavy atom. The summed E-state index contributed by atoms with van der Waals surface area (Å²) in [7, 11) is 0. The maximum absolute atomic E-state index is 13.4. The third-order valence-corrected chi connectivity index (χ3v) is 4.95. The summed E-state index contributed by atoms with van der Waals surface area (Å²) in [5.74, 6) is -1.63. The second-order valence-electron chi connectivity index (χ2n) is 5.79. The first-order valence-corrected chi connectivity index (χ1v) is 8.56. The molecule has 0 spiro atoms. The third-order valence-electron chi connectivity index (χ3n) is 4.07. The molecule has 1 aliphatic carbocycles. The highest BCUT2D eigenvalue weighted by atomic mass is 32.1. The van der Waals surface area contributed by atoms with Crippen LogP contribution in [0.5, 0.6) is 0 Å². The number of thiazole rings is 1.